The molecular formula is C15H22BO3. The standard InChI is InChI=1S/C15H22O3.B/c1-14(2,3)9-7-10(13(17)18)12(16)11(8-9)15(4,5)6;/h7-8,16H,1-6H3,(H,17,18);. The number of carbonyl (C=O) groups is 1. The van der Waals surface area contributed by atoms with Crippen LogP contribution in [0.4, 0.5) is 0 Å². The smallest absolute Gasteiger partial charge is 0.339 e. The molecule has 1 rings (SSSR count). The van der Waals surface area contributed by atoms with Crippen LogP contribution >= 0.6 is 0 Å². The maximum atomic E-state index is 11.2. The Morgan fingerprint density at radius 1 is 1.00 bits per heavy atom. The van der Waals surface area contributed by atoms with E-state index in [4.69, 9.17) is 0 Å². The zero-order valence-electron chi connectivity index (χ0n) is 12.5. The number of carboxylic acid groups (broad SMARTS) is 1. The fourth-order valence-corrected chi connectivity index (χ4v) is 1.80. The van der Waals surface area contributed by atoms with Gasteiger partial charge >= 0.3 is 5.97 Å². The molecule has 0 unspecified atom stereocenters. The zero-order chi connectivity index (χ0) is 14.3. The van der Waals surface area contributed by atoms with Crippen molar-refractivity contribution in [3.63, 3.8) is 0 Å². The molecule has 0 aromatic heterocycles. The van der Waals surface area contributed by atoms with Crippen LogP contribution in [0.15, 0.2) is 12.1 Å². The molecule has 0 saturated heterocycles. The minimum absolute atomic E-state index is 0. The number of benzene rings is 1. The molecule has 0 fully saturated rings. The van der Waals surface area contributed by atoms with E-state index in [1.165, 1.54) is 0 Å². The predicted molar refractivity (Wildman–Crippen MR) is 78.2 cm³/mol. The summed E-state index contributed by atoms with van der Waals surface area (Å²) in [5, 5.41) is 19.3. The third-order valence-electron chi connectivity index (χ3n) is 3.01. The van der Waals surface area contributed by atoms with E-state index in [1.54, 1.807) is 6.07 Å². The van der Waals surface area contributed by atoms with Crippen molar-refractivity contribution in [2.75, 3.05) is 0 Å². The van der Waals surface area contributed by atoms with Crippen LogP contribution in [0.25, 0.3) is 0 Å². The Bertz CT molecular complexity index is 479. The highest BCUT2D eigenvalue weighted by molar-refractivity contribution is 5.91. The first-order valence-electron chi connectivity index (χ1n) is 6.06. The van der Waals surface area contributed by atoms with Crippen LogP contribution in [0.1, 0.15) is 63.0 Å². The molecule has 0 aliphatic rings. The fourth-order valence-electron chi connectivity index (χ4n) is 1.80. The molecule has 2 N–H and O–H groups in total. The monoisotopic (exact) mass is 261 g/mol. The molecular weight excluding hydrogens is 239 g/mol. The van der Waals surface area contributed by atoms with Crippen LogP contribution in [-0.2, 0) is 10.8 Å². The molecule has 0 aliphatic carbocycles. The van der Waals surface area contributed by atoms with E-state index >= 15 is 0 Å². The van der Waals surface area contributed by atoms with E-state index in [0.29, 0.717) is 5.56 Å². The number of phenols is 1. The van der Waals surface area contributed by atoms with Gasteiger partial charge in [0.05, 0.1) is 0 Å². The average molecular weight is 261 g/mol. The Kier molecular flexibility index (Phi) is 4.87. The molecule has 3 nitrogen and oxygen atoms in total. The fraction of sp³-hybridized carbons (Fsp3) is 0.533. The third kappa shape index (κ3) is 3.76. The van der Waals surface area contributed by atoms with Crippen LogP contribution in [0.5, 0.6) is 5.75 Å². The molecule has 0 atom stereocenters. The molecule has 1 aromatic carbocycles. The van der Waals surface area contributed by atoms with Gasteiger partial charge in [-0.15, -0.1) is 0 Å². The van der Waals surface area contributed by atoms with Crippen LogP contribution in [0, 0.1) is 0 Å². The number of hydrogen-bond donors (Lipinski definition) is 2. The summed E-state index contributed by atoms with van der Waals surface area (Å²) < 4.78 is 0. The summed E-state index contributed by atoms with van der Waals surface area (Å²) in [4.78, 5) is 11.2. The lowest BCUT2D eigenvalue weighted by Crippen LogP contribution is -2.18. The van der Waals surface area contributed by atoms with Gasteiger partial charge in [0.15, 0.2) is 0 Å². The summed E-state index contributed by atoms with van der Waals surface area (Å²) in [5.41, 5.74) is 1.12. The van der Waals surface area contributed by atoms with Crippen LogP contribution in [0.3, 0.4) is 0 Å². The zero-order valence-corrected chi connectivity index (χ0v) is 12.5. The first kappa shape index (κ1) is 17.6. The first-order valence-corrected chi connectivity index (χ1v) is 6.06. The third-order valence-corrected chi connectivity index (χ3v) is 3.01. The Morgan fingerprint density at radius 2 is 1.47 bits per heavy atom. The minimum Gasteiger partial charge on any atom is -0.507 e. The molecule has 0 amide bonds. The molecule has 0 saturated carbocycles. The summed E-state index contributed by atoms with van der Waals surface area (Å²) in [6, 6.07) is 3.47. The van der Waals surface area contributed by atoms with Crippen molar-refractivity contribution in [3.8, 4) is 5.75 Å². The highest BCUT2D eigenvalue weighted by Gasteiger charge is 2.26. The van der Waals surface area contributed by atoms with Gasteiger partial charge in [-0.1, -0.05) is 47.6 Å². The van der Waals surface area contributed by atoms with Crippen molar-refractivity contribution >= 4 is 14.4 Å². The van der Waals surface area contributed by atoms with E-state index < -0.39 is 5.97 Å². The lowest BCUT2D eigenvalue weighted by molar-refractivity contribution is 0.0693. The number of rotatable bonds is 1. The van der Waals surface area contributed by atoms with E-state index in [0.717, 1.165) is 5.56 Å². The second-order valence-corrected chi connectivity index (χ2v) is 6.73. The normalized spacial score (nSPS) is 11.9. The van der Waals surface area contributed by atoms with Crippen molar-refractivity contribution in [1.29, 1.82) is 0 Å². The second-order valence-electron chi connectivity index (χ2n) is 6.73. The Hall–Kier alpha value is -1.45. The Labute approximate surface area is 117 Å². The molecule has 3 radical (unpaired) electrons. The van der Waals surface area contributed by atoms with Gasteiger partial charge in [-0.2, -0.15) is 0 Å². The van der Waals surface area contributed by atoms with E-state index in [1.807, 2.05) is 47.6 Å². The summed E-state index contributed by atoms with van der Waals surface area (Å²) >= 11 is 0. The molecule has 19 heavy (non-hydrogen) atoms. The van der Waals surface area contributed by atoms with Crippen LogP contribution in [-0.4, -0.2) is 24.6 Å². The predicted octanol–water partition coefficient (Wildman–Crippen LogP) is 3.30. The topological polar surface area (TPSA) is 57.5 Å². The summed E-state index contributed by atoms with van der Waals surface area (Å²) in [6.07, 6.45) is 0. The quantitative estimate of drug-likeness (QED) is 0.762. The molecule has 4 heteroatoms. The Morgan fingerprint density at radius 3 is 1.79 bits per heavy atom. The average Bonchev–Trinajstić information content (AvgIpc) is 2.13. The Balaban J connectivity index is 0.00000324. The van der Waals surface area contributed by atoms with Gasteiger partial charge in [-0.05, 0) is 22.5 Å². The summed E-state index contributed by atoms with van der Waals surface area (Å²) in [5.74, 6) is -1.22. The van der Waals surface area contributed by atoms with Crippen molar-refractivity contribution in [2.45, 2.75) is 52.4 Å². The van der Waals surface area contributed by atoms with Crippen molar-refractivity contribution in [1.82, 2.24) is 0 Å². The summed E-state index contributed by atoms with van der Waals surface area (Å²) in [6.45, 7) is 12.0. The van der Waals surface area contributed by atoms with Crippen molar-refractivity contribution in [3.05, 3.63) is 28.8 Å². The maximum absolute atomic E-state index is 11.2. The minimum atomic E-state index is -1.09. The molecule has 1 aromatic rings. The molecule has 0 heterocycles. The van der Waals surface area contributed by atoms with Gasteiger partial charge in [0.1, 0.15) is 11.3 Å². The second kappa shape index (κ2) is 5.28. The molecule has 0 bridgehead atoms. The SMILES string of the molecule is CC(C)(C)c1cc(C(=O)O)c(O)c(C(C)(C)C)c1.[B]. The van der Waals surface area contributed by atoms with Crippen LogP contribution < -0.4 is 0 Å². The number of aromatic carboxylic acids is 1. The van der Waals surface area contributed by atoms with Gasteiger partial charge in [-0.3, -0.25) is 0 Å². The van der Waals surface area contributed by atoms with Gasteiger partial charge in [-0.25, -0.2) is 4.79 Å². The number of carboxylic acids is 1. The van der Waals surface area contributed by atoms with Crippen molar-refractivity contribution in [2.24, 2.45) is 0 Å². The first-order chi connectivity index (χ1) is 7.94. The van der Waals surface area contributed by atoms with E-state index in [2.05, 4.69) is 0 Å². The summed E-state index contributed by atoms with van der Waals surface area (Å²) in [7, 11) is 0. The van der Waals surface area contributed by atoms with Crippen LogP contribution in [0.2, 0.25) is 0 Å². The lowest BCUT2D eigenvalue weighted by atomic mass is 9.79. The number of hydrogen-bond acceptors (Lipinski definition) is 2. The molecule has 0 aliphatic heterocycles. The lowest BCUT2D eigenvalue weighted by Gasteiger charge is -2.26. The van der Waals surface area contributed by atoms with Crippen molar-refractivity contribution < 1.29 is 15.0 Å². The number of aromatic hydroxyl groups is 1. The van der Waals surface area contributed by atoms with Gasteiger partial charge in [0.2, 0.25) is 0 Å². The highest BCUT2D eigenvalue weighted by atomic mass is 16.4. The highest BCUT2D eigenvalue weighted by Crippen LogP contribution is 2.37. The van der Waals surface area contributed by atoms with Gasteiger partial charge in [0.25, 0.3) is 0 Å². The largest absolute Gasteiger partial charge is 0.507 e. The van der Waals surface area contributed by atoms with E-state index in [-0.39, 0.29) is 30.6 Å². The molecule has 103 valence electrons. The maximum Gasteiger partial charge on any atom is 0.339 e. The van der Waals surface area contributed by atoms with Gasteiger partial charge < -0.3 is 10.2 Å². The van der Waals surface area contributed by atoms with E-state index in [9.17, 15) is 15.0 Å². The molecule has 0 spiro atoms. The van der Waals surface area contributed by atoms with Gasteiger partial charge in [0, 0.05) is 14.0 Å².